The maximum absolute atomic E-state index is 13.1. The van der Waals surface area contributed by atoms with Crippen molar-refractivity contribution in [2.24, 2.45) is 0 Å². The van der Waals surface area contributed by atoms with Gasteiger partial charge in [-0.25, -0.2) is 14.5 Å². The van der Waals surface area contributed by atoms with Crippen LogP contribution < -0.4 is 0 Å². The number of nitrogens with zero attached hydrogens (tertiary/aromatic N) is 7. The first-order valence-electron chi connectivity index (χ1n) is 15.6. The van der Waals surface area contributed by atoms with Crippen molar-refractivity contribution in [1.82, 2.24) is 34.3 Å². The summed E-state index contributed by atoms with van der Waals surface area (Å²) in [6, 6.07) is 8.83. The fourth-order valence-corrected chi connectivity index (χ4v) is 6.71. The van der Waals surface area contributed by atoms with E-state index in [1.165, 1.54) is 42.8 Å². The molecule has 1 unspecified atom stereocenters. The Balaban J connectivity index is 1.27. The molecule has 3 aliphatic rings. The van der Waals surface area contributed by atoms with Crippen LogP contribution in [0.2, 0.25) is 0 Å². The van der Waals surface area contributed by atoms with Crippen molar-refractivity contribution in [3.05, 3.63) is 53.1 Å². The summed E-state index contributed by atoms with van der Waals surface area (Å²) in [5.74, 6) is 2.05. The Hall–Kier alpha value is -3.20. The van der Waals surface area contributed by atoms with E-state index in [-0.39, 0.29) is 18.1 Å². The Labute approximate surface area is 243 Å². The van der Waals surface area contributed by atoms with E-state index in [1.807, 2.05) is 31.9 Å². The van der Waals surface area contributed by atoms with Crippen molar-refractivity contribution >= 4 is 6.09 Å². The van der Waals surface area contributed by atoms with Crippen molar-refractivity contribution in [1.29, 1.82) is 0 Å². The Kier molecular flexibility index (Phi) is 7.90. The van der Waals surface area contributed by atoms with Crippen molar-refractivity contribution in [2.45, 2.75) is 110 Å². The SMILES string of the molecule is CCn1ncc2c1CC(c1nc(-c3ccc(CN4CCCC4)cc3)nn1C[C@@H]1CCCN1C(=O)OC(C)(C)C)CC2. The summed E-state index contributed by atoms with van der Waals surface area (Å²) in [6.45, 7) is 13.5. The van der Waals surface area contributed by atoms with Crippen LogP contribution in [0.25, 0.3) is 11.4 Å². The summed E-state index contributed by atoms with van der Waals surface area (Å²) in [7, 11) is 0. The van der Waals surface area contributed by atoms with Crippen molar-refractivity contribution in [2.75, 3.05) is 19.6 Å². The third-order valence-corrected chi connectivity index (χ3v) is 8.81. The largest absolute Gasteiger partial charge is 0.444 e. The zero-order valence-corrected chi connectivity index (χ0v) is 25.2. The molecule has 1 aromatic carbocycles. The number of ether oxygens (including phenoxy) is 1. The minimum atomic E-state index is -0.515. The highest BCUT2D eigenvalue weighted by Crippen LogP contribution is 2.34. The molecule has 0 radical (unpaired) electrons. The molecule has 4 heterocycles. The van der Waals surface area contributed by atoms with E-state index in [1.54, 1.807) is 0 Å². The fraction of sp³-hybridized carbons (Fsp3) is 0.625. The molecule has 2 atom stereocenters. The molecule has 6 rings (SSSR count). The van der Waals surface area contributed by atoms with E-state index < -0.39 is 5.60 Å². The summed E-state index contributed by atoms with van der Waals surface area (Å²) in [5.41, 5.74) is 4.54. The second kappa shape index (κ2) is 11.6. The minimum Gasteiger partial charge on any atom is -0.444 e. The number of aromatic nitrogens is 5. The van der Waals surface area contributed by atoms with Crippen LogP contribution in [0.1, 0.15) is 88.4 Å². The normalized spacial score (nSPS) is 21.4. The van der Waals surface area contributed by atoms with Gasteiger partial charge in [0.15, 0.2) is 5.82 Å². The van der Waals surface area contributed by atoms with Gasteiger partial charge in [0, 0.05) is 36.8 Å². The Morgan fingerprint density at radius 3 is 2.54 bits per heavy atom. The van der Waals surface area contributed by atoms with Crippen LogP contribution in [-0.2, 0) is 37.2 Å². The molecule has 41 heavy (non-hydrogen) atoms. The number of likely N-dealkylation sites (tertiary alicyclic amines) is 2. The van der Waals surface area contributed by atoms with Gasteiger partial charge in [0.1, 0.15) is 11.4 Å². The van der Waals surface area contributed by atoms with Crippen LogP contribution in [0, 0.1) is 0 Å². The minimum absolute atomic E-state index is 0.0429. The quantitative estimate of drug-likeness (QED) is 0.384. The first-order chi connectivity index (χ1) is 19.8. The van der Waals surface area contributed by atoms with Crippen LogP contribution in [0.4, 0.5) is 4.79 Å². The zero-order chi connectivity index (χ0) is 28.6. The molecular weight excluding hydrogens is 514 g/mol. The summed E-state index contributed by atoms with van der Waals surface area (Å²) in [5, 5.41) is 9.72. The summed E-state index contributed by atoms with van der Waals surface area (Å²) < 4.78 is 9.98. The first-order valence-corrected chi connectivity index (χ1v) is 15.6. The number of hydrogen-bond donors (Lipinski definition) is 0. The monoisotopic (exact) mass is 559 g/mol. The molecule has 0 spiro atoms. The van der Waals surface area contributed by atoms with Gasteiger partial charge in [0.25, 0.3) is 0 Å². The molecule has 220 valence electrons. The van der Waals surface area contributed by atoms with Crippen LogP contribution in [0.15, 0.2) is 30.5 Å². The van der Waals surface area contributed by atoms with E-state index in [4.69, 9.17) is 14.8 Å². The summed E-state index contributed by atoms with van der Waals surface area (Å²) >= 11 is 0. The average Bonchev–Trinajstić information content (AvgIpc) is 3.75. The van der Waals surface area contributed by atoms with Gasteiger partial charge < -0.3 is 9.64 Å². The van der Waals surface area contributed by atoms with Crippen molar-refractivity contribution < 1.29 is 9.53 Å². The smallest absolute Gasteiger partial charge is 0.410 e. The van der Waals surface area contributed by atoms with E-state index in [0.29, 0.717) is 6.54 Å². The van der Waals surface area contributed by atoms with Crippen LogP contribution in [-0.4, -0.2) is 71.7 Å². The average molecular weight is 560 g/mol. The maximum Gasteiger partial charge on any atom is 0.410 e. The molecule has 0 N–H and O–H groups in total. The lowest BCUT2D eigenvalue weighted by Gasteiger charge is -2.29. The van der Waals surface area contributed by atoms with Crippen LogP contribution >= 0.6 is 0 Å². The molecule has 0 saturated carbocycles. The molecule has 2 fully saturated rings. The molecule has 2 aromatic heterocycles. The molecule has 3 aromatic rings. The van der Waals surface area contributed by atoms with E-state index in [9.17, 15) is 4.79 Å². The fourth-order valence-electron chi connectivity index (χ4n) is 6.71. The lowest BCUT2D eigenvalue weighted by molar-refractivity contribution is 0.0210. The second-order valence-corrected chi connectivity index (χ2v) is 13.0. The predicted molar refractivity (Wildman–Crippen MR) is 159 cm³/mol. The summed E-state index contributed by atoms with van der Waals surface area (Å²) in [6.07, 6.45) is 9.26. The molecule has 2 aliphatic heterocycles. The van der Waals surface area contributed by atoms with Crippen molar-refractivity contribution in [3.8, 4) is 11.4 Å². The highest BCUT2D eigenvalue weighted by atomic mass is 16.6. The number of carbonyl (C=O) groups excluding carboxylic acids is 1. The lowest BCUT2D eigenvalue weighted by Crippen LogP contribution is -2.42. The van der Waals surface area contributed by atoms with Crippen molar-refractivity contribution in [3.63, 3.8) is 0 Å². The zero-order valence-electron chi connectivity index (χ0n) is 25.2. The molecule has 2 saturated heterocycles. The number of aryl methyl sites for hydroxylation is 2. The van der Waals surface area contributed by atoms with Gasteiger partial charge in [-0.3, -0.25) is 9.58 Å². The highest BCUT2D eigenvalue weighted by Gasteiger charge is 2.35. The number of carbonyl (C=O) groups is 1. The molecule has 9 nitrogen and oxygen atoms in total. The molecule has 0 bridgehead atoms. The number of hydrogen-bond acceptors (Lipinski definition) is 6. The predicted octanol–water partition coefficient (Wildman–Crippen LogP) is 5.43. The highest BCUT2D eigenvalue weighted by molar-refractivity contribution is 5.69. The Morgan fingerprint density at radius 1 is 1.02 bits per heavy atom. The third-order valence-electron chi connectivity index (χ3n) is 8.81. The van der Waals surface area contributed by atoms with Gasteiger partial charge >= 0.3 is 6.09 Å². The van der Waals surface area contributed by atoms with Gasteiger partial charge in [-0.15, -0.1) is 0 Å². The van der Waals surface area contributed by atoms with Gasteiger partial charge in [0.2, 0.25) is 0 Å². The van der Waals surface area contributed by atoms with Crippen LogP contribution in [0.3, 0.4) is 0 Å². The van der Waals surface area contributed by atoms with Gasteiger partial charge in [0.05, 0.1) is 18.8 Å². The molecular formula is C32H45N7O2. The second-order valence-electron chi connectivity index (χ2n) is 13.0. The number of rotatable bonds is 7. The molecule has 1 aliphatic carbocycles. The topological polar surface area (TPSA) is 81.3 Å². The lowest BCUT2D eigenvalue weighted by atomic mass is 9.87. The Morgan fingerprint density at radius 2 is 1.80 bits per heavy atom. The van der Waals surface area contributed by atoms with Gasteiger partial charge in [-0.1, -0.05) is 24.3 Å². The van der Waals surface area contributed by atoms with E-state index >= 15 is 0 Å². The van der Waals surface area contributed by atoms with E-state index in [0.717, 1.165) is 69.0 Å². The Bertz CT molecular complexity index is 1330. The third kappa shape index (κ3) is 6.20. The standard InChI is InChI=1S/C32H45N7O2/c1-5-38-28-19-25(14-15-26(28)20-33-38)30-34-29(24-12-10-23(11-13-24)21-36-16-6-7-17-36)35-39(30)22-27-9-8-18-37(27)31(40)41-32(2,3)4/h10-13,20,25,27H,5-9,14-19,21-22H2,1-4H3/t25?,27-/m0/s1. The summed E-state index contributed by atoms with van der Waals surface area (Å²) in [4.78, 5) is 22.7. The maximum atomic E-state index is 13.1. The number of amides is 1. The van der Waals surface area contributed by atoms with Gasteiger partial charge in [-0.2, -0.15) is 10.2 Å². The molecule has 9 heteroatoms. The number of fused-ring (bicyclic) bond motifs is 1. The van der Waals surface area contributed by atoms with Gasteiger partial charge in [-0.05, 0) is 96.9 Å². The van der Waals surface area contributed by atoms with Crippen LogP contribution in [0.5, 0.6) is 0 Å². The first kappa shape index (κ1) is 27.9. The van der Waals surface area contributed by atoms with E-state index in [2.05, 4.69) is 50.6 Å². The number of benzene rings is 1. The molecule has 1 amide bonds.